The number of hydrogen-bond donors (Lipinski definition) is 3. The largest absolute Gasteiger partial charge is 0.360 e. The van der Waals surface area contributed by atoms with Crippen LogP contribution in [0.4, 0.5) is 5.82 Å². The number of hydrogen-bond acceptors (Lipinski definition) is 7. The van der Waals surface area contributed by atoms with E-state index in [1.165, 1.54) is 18.5 Å². The molecule has 0 aliphatic heterocycles. The minimum atomic E-state index is -3.69. The molecule has 1 amide bonds. The first-order chi connectivity index (χ1) is 12.8. The summed E-state index contributed by atoms with van der Waals surface area (Å²) in [6.07, 6.45) is 2.06. The molecule has 10 heteroatoms. The zero-order chi connectivity index (χ0) is 19.4. The van der Waals surface area contributed by atoms with Crippen LogP contribution in [0.25, 0.3) is 10.2 Å². The number of anilines is 1. The number of aryl methyl sites for hydroxylation is 1. The molecule has 8 nitrogen and oxygen atoms in total. The van der Waals surface area contributed by atoms with E-state index >= 15 is 0 Å². The minimum Gasteiger partial charge on any atom is -0.360 e. The van der Waals surface area contributed by atoms with Crippen molar-refractivity contribution in [2.75, 3.05) is 18.4 Å². The molecule has 0 bridgehead atoms. The lowest BCUT2D eigenvalue weighted by atomic mass is 10.1. The number of benzene rings is 1. The van der Waals surface area contributed by atoms with Crippen molar-refractivity contribution in [3.8, 4) is 0 Å². The fraction of sp³-hybridized carbons (Fsp3) is 0.235. The number of carbonyl (C=O) groups excluding carboxylic acids is 1. The van der Waals surface area contributed by atoms with Gasteiger partial charge in [0, 0.05) is 11.4 Å². The number of nitrogens with two attached hydrogens (primary N) is 1. The topological polar surface area (TPSA) is 127 Å². The van der Waals surface area contributed by atoms with Crippen molar-refractivity contribution in [3.05, 3.63) is 47.1 Å². The van der Waals surface area contributed by atoms with Crippen molar-refractivity contribution >= 4 is 43.3 Å². The number of amides is 1. The van der Waals surface area contributed by atoms with Crippen LogP contribution in [-0.2, 0) is 21.2 Å². The highest BCUT2D eigenvalue weighted by Crippen LogP contribution is 2.27. The van der Waals surface area contributed by atoms with Crippen molar-refractivity contribution in [2.24, 2.45) is 5.14 Å². The normalized spacial score (nSPS) is 11.5. The van der Waals surface area contributed by atoms with E-state index in [4.69, 9.17) is 5.14 Å². The maximum absolute atomic E-state index is 12.0. The maximum atomic E-state index is 12.0. The molecule has 0 atom stereocenters. The fourth-order valence-corrected chi connectivity index (χ4v) is 3.90. The molecule has 2 aromatic heterocycles. The number of carbonyl (C=O) groups is 1. The van der Waals surface area contributed by atoms with Gasteiger partial charge in [-0.1, -0.05) is 12.1 Å². The summed E-state index contributed by atoms with van der Waals surface area (Å²) in [4.78, 5) is 22.5. The van der Waals surface area contributed by atoms with Crippen molar-refractivity contribution in [1.82, 2.24) is 15.3 Å². The SMILES string of the molecule is Cc1cc2c(NCC(=O)NCCc3ccc(S(N)(=O)=O)cc3)ncnc2s1. The smallest absolute Gasteiger partial charge is 0.239 e. The average molecular weight is 406 g/mol. The average Bonchev–Trinajstić information content (AvgIpc) is 3.00. The summed E-state index contributed by atoms with van der Waals surface area (Å²) in [6.45, 7) is 2.54. The lowest BCUT2D eigenvalue weighted by Gasteiger charge is -2.08. The Kier molecular flexibility index (Phi) is 5.68. The van der Waals surface area contributed by atoms with Crippen molar-refractivity contribution in [2.45, 2.75) is 18.2 Å². The second-order valence-electron chi connectivity index (χ2n) is 5.94. The Bertz CT molecular complexity index is 1060. The molecule has 0 saturated carbocycles. The lowest BCUT2D eigenvalue weighted by Crippen LogP contribution is -2.31. The van der Waals surface area contributed by atoms with Crippen LogP contribution in [-0.4, -0.2) is 37.4 Å². The Hall–Kier alpha value is -2.56. The number of nitrogens with one attached hydrogen (secondary N) is 2. The number of rotatable bonds is 7. The number of thiophene rings is 1. The number of aromatic nitrogens is 2. The molecule has 0 aliphatic rings. The van der Waals surface area contributed by atoms with Crippen LogP contribution < -0.4 is 15.8 Å². The molecule has 27 heavy (non-hydrogen) atoms. The van der Waals surface area contributed by atoms with E-state index in [-0.39, 0.29) is 17.3 Å². The molecule has 0 aliphatic carbocycles. The summed E-state index contributed by atoms with van der Waals surface area (Å²) in [5.41, 5.74) is 0.905. The molecule has 0 radical (unpaired) electrons. The van der Waals surface area contributed by atoms with Gasteiger partial charge < -0.3 is 10.6 Å². The highest BCUT2D eigenvalue weighted by atomic mass is 32.2. The van der Waals surface area contributed by atoms with Gasteiger partial charge in [-0.3, -0.25) is 4.79 Å². The highest BCUT2D eigenvalue weighted by Gasteiger charge is 2.09. The van der Waals surface area contributed by atoms with E-state index in [1.54, 1.807) is 23.5 Å². The lowest BCUT2D eigenvalue weighted by molar-refractivity contribution is -0.119. The van der Waals surface area contributed by atoms with E-state index in [1.807, 2.05) is 13.0 Å². The second kappa shape index (κ2) is 7.99. The standard InChI is InChI=1S/C17H19N5O3S2/c1-11-8-14-16(21-10-22-17(14)26-11)20-9-15(23)19-7-6-12-2-4-13(5-3-12)27(18,24)25/h2-5,8,10H,6-7,9H2,1H3,(H,19,23)(H2,18,24,25)(H,20,21,22). The van der Waals surface area contributed by atoms with Crippen LogP contribution >= 0.6 is 11.3 Å². The van der Waals surface area contributed by atoms with E-state index in [2.05, 4.69) is 20.6 Å². The second-order valence-corrected chi connectivity index (χ2v) is 8.74. The number of primary sulfonamides is 1. The van der Waals surface area contributed by atoms with Gasteiger partial charge in [-0.25, -0.2) is 23.5 Å². The van der Waals surface area contributed by atoms with E-state index in [0.717, 1.165) is 20.7 Å². The Labute approximate surface area is 160 Å². The molecule has 3 aromatic rings. The third-order valence-electron chi connectivity index (χ3n) is 3.86. The van der Waals surface area contributed by atoms with Gasteiger partial charge in [0.25, 0.3) is 0 Å². The first-order valence-electron chi connectivity index (χ1n) is 8.16. The fourth-order valence-electron chi connectivity index (χ4n) is 2.54. The molecule has 2 heterocycles. The van der Waals surface area contributed by atoms with Crippen LogP contribution in [0.5, 0.6) is 0 Å². The molecular weight excluding hydrogens is 386 g/mol. The molecule has 0 fully saturated rings. The Balaban J connectivity index is 1.48. The van der Waals surface area contributed by atoms with Gasteiger partial charge in [-0.05, 0) is 37.1 Å². The molecule has 0 unspecified atom stereocenters. The van der Waals surface area contributed by atoms with Crippen LogP contribution in [0.1, 0.15) is 10.4 Å². The zero-order valence-electron chi connectivity index (χ0n) is 14.6. The van der Waals surface area contributed by atoms with Crippen molar-refractivity contribution in [3.63, 3.8) is 0 Å². The Morgan fingerprint density at radius 2 is 1.96 bits per heavy atom. The third-order valence-corrected chi connectivity index (χ3v) is 5.74. The van der Waals surface area contributed by atoms with Crippen LogP contribution in [0, 0.1) is 6.92 Å². The summed E-state index contributed by atoms with van der Waals surface area (Å²) in [5, 5.41) is 11.8. The minimum absolute atomic E-state index is 0.0688. The Morgan fingerprint density at radius 3 is 2.67 bits per heavy atom. The van der Waals surface area contributed by atoms with E-state index in [0.29, 0.717) is 18.8 Å². The summed E-state index contributed by atoms with van der Waals surface area (Å²) in [6, 6.07) is 8.27. The van der Waals surface area contributed by atoms with Gasteiger partial charge in [-0.15, -0.1) is 11.3 Å². The first-order valence-corrected chi connectivity index (χ1v) is 10.5. The van der Waals surface area contributed by atoms with Gasteiger partial charge in [-0.2, -0.15) is 0 Å². The molecule has 0 spiro atoms. The third kappa shape index (κ3) is 5.00. The highest BCUT2D eigenvalue weighted by molar-refractivity contribution is 7.89. The maximum Gasteiger partial charge on any atom is 0.239 e. The predicted octanol–water partition coefficient (Wildman–Crippen LogP) is 1.42. The molecular formula is C17H19N5O3S2. The van der Waals surface area contributed by atoms with Gasteiger partial charge in [0.1, 0.15) is 17.0 Å². The van der Waals surface area contributed by atoms with Crippen LogP contribution in [0.2, 0.25) is 0 Å². The quantitative estimate of drug-likeness (QED) is 0.545. The van der Waals surface area contributed by atoms with Gasteiger partial charge >= 0.3 is 0 Å². The van der Waals surface area contributed by atoms with E-state index in [9.17, 15) is 13.2 Å². The summed E-state index contributed by atoms with van der Waals surface area (Å²) in [7, 11) is -3.69. The predicted molar refractivity (Wildman–Crippen MR) is 105 cm³/mol. The number of sulfonamides is 1. The van der Waals surface area contributed by atoms with Crippen molar-refractivity contribution < 1.29 is 13.2 Å². The van der Waals surface area contributed by atoms with Gasteiger partial charge in [0.05, 0.1) is 16.8 Å². The van der Waals surface area contributed by atoms with Crippen molar-refractivity contribution in [1.29, 1.82) is 0 Å². The van der Waals surface area contributed by atoms with Crippen LogP contribution in [0.3, 0.4) is 0 Å². The summed E-state index contributed by atoms with van der Waals surface area (Å²) >= 11 is 1.58. The Morgan fingerprint density at radius 1 is 1.22 bits per heavy atom. The number of nitrogens with zero attached hydrogens (tertiary/aromatic N) is 2. The summed E-state index contributed by atoms with van der Waals surface area (Å²) in [5.74, 6) is 0.480. The molecule has 0 saturated heterocycles. The first kappa shape index (κ1) is 19.2. The van der Waals surface area contributed by atoms with Crippen LogP contribution in [0.15, 0.2) is 41.6 Å². The number of fused-ring (bicyclic) bond motifs is 1. The van der Waals surface area contributed by atoms with E-state index < -0.39 is 10.0 Å². The molecule has 142 valence electrons. The summed E-state index contributed by atoms with van der Waals surface area (Å²) < 4.78 is 22.4. The zero-order valence-corrected chi connectivity index (χ0v) is 16.2. The van der Waals surface area contributed by atoms with Gasteiger partial charge in [0.2, 0.25) is 15.9 Å². The molecule has 1 aromatic carbocycles. The van der Waals surface area contributed by atoms with Gasteiger partial charge in [0.15, 0.2) is 0 Å². The molecule has 4 N–H and O–H groups in total. The molecule has 3 rings (SSSR count). The monoisotopic (exact) mass is 405 g/mol.